The zero-order valence-corrected chi connectivity index (χ0v) is 9.94. The van der Waals surface area contributed by atoms with E-state index in [0.717, 1.165) is 4.34 Å². The molecule has 0 bridgehead atoms. The van der Waals surface area contributed by atoms with Gasteiger partial charge in [0.05, 0.1) is 12.5 Å². The van der Waals surface area contributed by atoms with Crippen LogP contribution >= 0.6 is 23.1 Å². The normalized spacial score (nSPS) is 11.4. The molecule has 0 aliphatic heterocycles. The molecular formula is C8H12N2O2S2. The van der Waals surface area contributed by atoms with Crippen LogP contribution in [0.3, 0.4) is 0 Å². The number of methoxy groups -OCH3 is 1. The summed E-state index contributed by atoms with van der Waals surface area (Å²) in [6.07, 6.45) is 0. The van der Waals surface area contributed by atoms with Crippen molar-refractivity contribution in [2.24, 2.45) is 5.41 Å². The maximum absolute atomic E-state index is 11.3. The second-order valence-corrected chi connectivity index (χ2v) is 5.42. The van der Waals surface area contributed by atoms with Crippen molar-refractivity contribution >= 4 is 29.1 Å². The Hall–Kier alpha value is -0.620. The predicted octanol–water partition coefficient (Wildman–Crippen LogP) is 1.83. The Morgan fingerprint density at radius 3 is 2.93 bits per heavy atom. The summed E-state index contributed by atoms with van der Waals surface area (Å²) in [6, 6.07) is 0. The summed E-state index contributed by atoms with van der Waals surface area (Å²) in [5, 5.41) is 7.60. The van der Waals surface area contributed by atoms with Gasteiger partial charge in [-0.25, -0.2) is 0 Å². The molecular weight excluding hydrogens is 220 g/mol. The first-order valence-electron chi connectivity index (χ1n) is 4.03. The predicted molar refractivity (Wildman–Crippen MR) is 56.4 cm³/mol. The molecule has 4 nitrogen and oxygen atoms in total. The largest absolute Gasteiger partial charge is 0.469 e. The summed E-state index contributed by atoms with van der Waals surface area (Å²) >= 11 is 2.99. The van der Waals surface area contributed by atoms with Crippen molar-refractivity contribution in [3.63, 3.8) is 0 Å². The Labute approximate surface area is 91.1 Å². The van der Waals surface area contributed by atoms with Gasteiger partial charge in [0.15, 0.2) is 4.34 Å². The van der Waals surface area contributed by atoms with Gasteiger partial charge in [0, 0.05) is 5.75 Å². The molecule has 0 amide bonds. The van der Waals surface area contributed by atoms with Gasteiger partial charge in [0.2, 0.25) is 0 Å². The van der Waals surface area contributed by atoms with E-state index in [1.54, 1.807) is 5.51 Å². The number of carbonyl (C=O) groups excluding carboxylic acids is 1. The number of hydrogen-bond acceptors (Lipinski definition) is 6. The highest BCUT2D eigenvalue weighted by Gasteiger charge is 2.29. The first-order chi connectivity index (χ1) is 6.56. The minimum Gasteiger partial charge on any atom is -0.469 e. The van der Waals surface area contributed by atoms with Gasteiger partial charge in [0.1, 0.15) is 5.51 Å². The maximum Gasteiger partial charge on any atom is 0.312 e. The minimum absolute atomic E-state index is 0.200. The molecule has 1 heterocycles. The lowest BCUT2D eigenvalue weighted by Crippen LogP contribution is -2.28. The average Bonchev–Trinajstić information content (AvgIpc) is 2.66. The number of carbonyl (C=O) groups is 1. The van der Waals surface area contributed by atoms with Crippen molar-refractivity contribution in [3.05, 3.63) is 5.51 Å². The van der Waals surface area contributed by atoms with Crippen molar-refractivity contribution in [1.29, 1.82) is 0 Å². The Morgan fingerprint density at radius 2 is 2.43 bits per heavy atom. The summed E-state index contributed by atoms with van der Waals surface area (Å²) in [7, 11) is 1.40. The average molecular weight is 232 g/mol. The third kappa shape index (κ3) is 2.95. The Balaban J connectivity index is 2.48. The van der Waals surface area contributed by atoms with E-state index in [1.165, 1.54) is 30.2 Å². The standard InChI is InChI=1S/C8H12N2O2S2/c1-8(2,6(11)12-3)4-13-7-10-9-5-14-7/h5H,4H2,1-3H3. The molecule has 1 aromatic rings. The van der Waals surface area contributed by atoms with Gasteiger partial charge in [-0.05, 0) is 13.8 Å². The van der Waals surface area contributed by atoms with E-state index in [-0.39, 0.29) is 5.97 Å². The smallest absolute Gasteiger partial charge is 0.312 e. The summed E-state index contributed by atoms with van der Waals surface area (Å²) < 4.78 is 5.58. The van der Waals surface area contributed by atoms with Gasteiger partial charge in [-0.3, -0.25) is 4.79 Å². The van der Waals surface area contributed by atoms with Crippen LogP contribution < -0.4 is 0 Å². The lowest BCUT2D eigenvalue weighted by Gasteiger charge is -2.19. The molecule has 78 valence electrons. The van der Waals surface area contributed by atoms with E-state index < -0.39 is 5.41 Å². The van der Waals surface area contributed by atoms with Crippen LogP contribution in [0.2, 0.25) is 0 Å². The van der Waals surface area contributed by atoms with Crippen LogP contribution in [0.5, 0.6) is 0 Å². The highest BCUT2D eigenvalue weighted by molar-refractivity contribution is 8.01. The van der Waals surface area contributed by atoms with Gasteiger partial charge in [-0.1, -0.05) is 23.1 Å². The van der Waals surface area contributed by atoms with Crippen molar-refractivity contribution in [2.45, 2.75) is 18.2 Å². The van der Waals surface area contributed by atoms with Gasteiger partial charge in [-0.2, -0.15) is 0 Å². The first kappa shape index (κ1) is 11.5. The van der Waals surface area contributed by atoms with Crippen LogP contribution in [0.15, 0.2) is 9.85 Å². The first-order valence-corrected chi connectivity index (χ1v) is 5.90. The summed E-state index contributed by atoms with van der Waals surface area (Å²) in [5.41, 5.74) is 1.19. The Bertz CT molecular complexity index is 298. The van der Waals surface area contributed by atoms with Gasteiger partial charge in [0.25, 0.3) is 0 Å². The van der Waals surface area contributed by atoms with Crippen molar-refractivity contribution < 1.29 is 9.53 Å². The molecule has 1 rings (SSSR count). The van der Waals surface area contributed by atoms with Crippen LogP contribution in [0, 0.1) is 5.41 Å². The van der Waals surface area contributed by atoms with Crippen LogP contribution in [0.4, 0.5) is 0 Å². The van der Waals surface area contributed by atoms with E-state index in [4.69, 9.17) is 4.74 Å². The molecule has 14 heavy (non-hydrogen) atoms. The number of thioether (sulfide) groups is 1. The van der Waals surface area contributed by atoms with Crippen LogP contribution in [0.1, 0.15) is 13.8 Å². The topological polar surface area (TPSA) is 52.1 Å². The molecule has 0 aliphatic rings. The number of esters is 1. The SMILES string of the molecule is COC(=O)C(C)(C)CSc1nncs1. The fraction of sp³-hybridized carbons (Fsp3) is 0.625. The fourth-order valence-corrected chi connectivity index (χ4v) is 2.37. The van der Waals surface area contributed by atoms with Crippen LogP contribution in [-0.4, -0.2) is 29.0 Å². The van der Waals surface area contributed by atoms with Crippen molar-refractivity contribution in [2.75, 3.05) is 12.9 Å². The Morgan fingerprint density at radius 1 is 1.71 bits per heavy atom. The third-order valence-corrected chi connectivity index (χ3v) is 3.95. The molecule has 1 aromatic heterocycles. The molecule has 0 atom stereocenters. The summed E-state index contributed by atoms with van der Waals surface area (Å²) in [6.45, 7) is 3.71. The molecule has 0 aliphatic carbocycles. The van der Waals surface area contributed by atoms with E-state index in [1.807, 2.05) is 13.8 Å². The number of hydrogen-bond donors (Lipinski definition) is 0. The van der Waals surface area contributed by atoms with Gasteiger partial charge < -0.3 is 4.74 Å². The van der Waals surface area contributed by atoms with E-state index in [0.29, 0.717) is 5.75 Å². The number of nitrogens with zero attached hydrogens (tertiary/aromatic N) is 2. The lowest BCUT2D eigenvalue weighted by molar-refractivity contribution is -0.149. The van der Waals surface area contributed by atoms with Crippen molar-refractivity contribution in [1.82, 2.24) is 10.2 Å². The highest BCUT2D eigenvalue weighted by Crippen LogP contribution is 2.28. The third-order valence-electron chi connectivity index (χ3n) is 1.63. The second kappa shape index (κ2) is 4.75. The molecule has 0 aromatic carbocycles. The summed E-state index contributed by atoms with van der Waals surface area (Å²) in [4.78, 5) is 11.3. The molecule has 6 heteroatoms. The number of aromatic nitrogens is 2. The highest BCUT2D eigenvalue weighted by atomic mass is 32.2. The molecule has 0 radical (unpaired) electrons. The molecule has 0 spiro atoms. The quantitative estimate of drug-likeness (QED) is 0.585. The molecule has 0 saturated carbocycles. The van der Waals surface area contributed by atoms with E-state index in [2.05, 4.69) is 10.2 Å². The zero-order valence-electron chi connectivity index (χ0n) is 8.31. The van der Waals surface area contributed by atoms with E-state index >= 15 is 0 Å². The monoisotopic (exact) mass is 232 g/mol. The van der Waals surface area contributed by atoms with Crippen LogP contribution in [0.25, 0.3) is 0 Å². The Kier molecular flexibility index (Phi) is 3.88. The zero-order chi connectivity index (χ0) is 10.6. The lowest BCUT2D eigenvalue weighted by atomic mass is 9.97. The number of rotatable bonds is 4. The molecule has 0 fully saturated rings. The van der Waals surface area contributed by atoms with Gasteiger partial charge in [-0.15, -0.1) is 10.2 Å². The number of ether oxygens (including phenoxy) is 1. The summed E-state index contributed by atoms with van der Waals surface area (Å²) in [5.74, 6) is 0.448. The fourth-order valence-electron chi connectivity index (χ4n) is 0.803. The van der Waals surface area contributed by atoms with Crippen LogP contribution in [-0.2, 0) is 9.53 Å². The minimum atomic E-state index is -0.481. The molecule has 0 saturated heterocycles. The van der Waals surface area contributed by atoms with Gasteiger partial charge >= 0.3 is 5.97 Å². The molecule has 0 N–H and O–H groups in total. The van der Waals surface area contributed by atoms with E-state index in [9.17, 15) is 4.79 Å². The maximum atomic E-state index is 11.3. The second-order valence-electron chi connectivity index (χ2n) is 3.37. The van der Waals surface area contributed by atoms with Crippen molar-refractivity contribution in [3.8, 4) is 0 Å². The molecule has 0 unspecified atom stereocenters.